The van der Waals surface area contributed by atoms with E-state index in [1.807, 2.05) is 30.3 Å². The molecular weight excluding hydrogens is 402 g/mol. The summed E-state index contributed by atoms with van der Waals surface area (Å²) >= 11 is 0. The van der Waals surface area contributed by atoms with Crippen LogP contribution >= 0.6 is 12.4 Å². The number of hydrogen-bond donors (Lipinski definition) is 2. The smallest absolute Gasteiger partial charge is 0.261 e. The molecule has 1 fully saturated rings. The molecule has 2 aliphatic heterocycles. The first-order valence-electron chi connectivity index (χ1n) is 10.2. The summed E-state index contributed by atoms with van der Waals surface area (Å²) in [6, 6.07) is 14.5. The number of halogens is 1. The summed E-state index contributed by atoms with van der Waals surface area (Å²) in [6.07, 6.45) is 2.69. The Morgan fingerprint density at radius 3 is 2.57 bits per heavy atom. The van der Waals surface area contributed by atoms with Gasteiger partial charge in [-0.05, 0) is 62.0 Å². The van der Waals surface area contributed by atoms with E-state index < -0.39 is 0 Å². The van der Waals surface area contributed by atoms with E-state index in [-0.39, 0.29) is 30.1 Å². The Bertz CT molecular complexity index is 927. The van der Waals surface area contributed by atoms with Crippen LogP contribution in [0.1, 0.15) is 49.5 Å². The SMILES string of the molecule is Cl.O=C(NCCC1CCNC1)c1ccc2c(c1)C(=O)N(CCc1ccccc1)C2=O. The van der Waals surface area contributed by atoms with E-state index in [9.17, 15) is 14.4 Å². The lowest BCUT2D eigenvalue weighted by atomic mass is 10.0. The minimum atomic E-state index is -0.326. The molecule has 6 nitrogen and oxygen atoms in total. The average molecular weight is 428 g/mol. The van der Waals surface area contributed by atoms with Crippen molar-refractivity contribution in [2.24, 2.45) is 5.92 Å². The van der Waals surface area contributed by atoms with Gasteiger partial charge in [-0.2, -0.15) is 0 Å². The molecule has 30 heavy (non-hydrogen) atoms. The van der Waals surface area contributed by atoms with Crippen molar-refractivity contribution in [3.8, 4) is 0 Å². The first-order valence-corrected chi connectivity index (χ1v) is 10.2. The second kappa shape index (κ2) is 9.87. The highest BCUT2D eigenvalue weighted by Gasteiger charge is 2.35. The van der Waals surface area contributed by atoms with Gasteiger partial charge >= 0.3 is 0 Å². The van der Waals surface area contributed by atoms with Crippen molar-refractivity contribution >= 4 is 30.1 Å². The quantitative estimate of drug-likeness (QED) is 0.666. The van der Waals surface area contributed by atoms with Gasteiger partial charge in [0, 0.05) is 18.7 Å². The van der Waals surface area contributed by atoms with E-state index >= 15 is 0 Å². The highest BCUT2D eigenvalue weighted by molar-refractivity contribution is 6.22. The first kappa shape index (κ1) is 22.0. The number of nitrogens with one attached hydrogen (secondary N) is 2. The molecule has 2 aliphatic rings. The number of hydrogen-bond acceptors (Lipinski definition) is 4. The predicted molar refractivity (Wildman–Crippen MR) is 117 cm³/mol. The average Bonchev–Trinajstić information content (AvgIpc) is 3.34. The second-order valence-electron chi connectivity index (χ2n) is 7.66. The van der Waals surface area contributed by atoms with E-state index in [0.29, 0.717) is 42.1 Å². The molecule has 0 aromatic heterocycles. The van der Waals surface area contributed by atoms with Gasteiger partial charge < -0.3 is 10.6 Å². The number of carbonyl (C=O) groups excluding carboxylic acids is 3. The van der Waals surface area contributed by atoms with Gasteiger partial charge in [0.25, 0.3) is 17.7 Å². The zero-order valence-corrected chi connectivity index (χ0v) is 17.5. The third-order valence-corrected chi connectivity index (χ3v) is 5.70. The molecule has 1 saturated heterocycles. The van der Waals surface area contributed by atoms with Crippen LogP contribution in [-0.2, 0) is 6.42 Å². The van der Waals surface area contributed by atoms with Crippen molar-refractivity contribution in [2.75, 3.05) is 26.2 Å². The van der Waals surface area contributed by atoms with Crippen LogP contribution in [0.3, 0.4) is 0 Å². The molecule has 1 atom stereocenters. The van der Waals surface area contributed by atoms with Crippen LogP contribution in [0.25, 0.3) is 0 Å². The molecule has 0 aliphatic carbocycles. The van der Waals surface area contributed by atoms with E-state index in [1.165, 1.54) is 4.90 Å². The van der Waals surface area contributed by atoms with Gasteiger partial charge in [0.2, 0.25) is 0 Å². The van der Waals surface area contributed by atoms with Crippen molar-refractivity contribution in [3.05, 3.63) is 70.8 Å². The Hall–Kier alpha value is -2.70. The minimum Gasteiger partial charge on any atom is -0.352 e. The standard InChI is InChI=1S/C23H25N3O3.ClH/c27-21(25-12-9-17-8-11-24-15-17)18-6-7-19-20(14-18)23(29)26(22(19)28)13-10-16-4-2-1-3-5-16;/h1-7,14,17,24H,8-13,15H2,(H,25,27);1H. The van der Waals surface area contributed by atoms with Crippen molar-refractivity contribution < 1.29 is 14.4 Å². The molecule has 0 spiro atoms. The molecule has 2 aromatic rings. The van der Waals surface area contributed by atoms with E-state index in [4.69, 9.17) is 0 Å². The Balaban J connectivity index is 0.00000256. The summed E-state index contributed by atoms with van der Waals surface area (Å²) in [5.74, 6) is -0.219. The minimum absolute atomic E-state index is 0. The normalized spacial score (nSPS) is 17.6. The number of fused-ring (bicyclic) bond motifs is 1. The topological polar surface area (TPSA) is 78.5 Å². The molecule has 2 N–H and O–H groups in total. The summed E-state index contributed by atoms with van der Waals surface area (Å²) in [5, 5.41) is 6.24. The number of nitrogens with zero attached hydrogens (tertiary/aromatic N) is 1. The summed E-state index contributed by atoms with van der Waals surface area (Å²) in [4.78, 5) is 39.1. The van der Waals surface area contributed by atoms with Crippen LogP contribution < -0.4 is 10.6 Å². The number of benzene rings is 2. The molecule has 7 heteroatoms. The largest absolute Gasteiger partial charge is 0.352 e. The predicted octanol–water partition coefficient (Wildman–Crippen LogP) is 2.68. The maximum Gasteiger partial charge on any atom is 0.261 e. The van der Waals surface area contributed by atoms with Crippen LogP contribution in [0.2, 0.25) is 0 Å². The third kappa shape index (κ3) is 4.71. The Morgan fingerprint density at radius 2 is 1.83 bits per heavy atom. The number of imide groups is 1. The van der Waals surface area contributed by atoms with Crippen LogP contribution in [0.4, 0.5) is 0 Å². The van der Waals surface area contributed by atoms with E-state index in [0.717, 1.165) is 31.5 Å². The van der Waals surface area contributed by atoms with Gasteiger partial charge in [-0.15, -0.1) is 12.4 Å². The molecule has 2 aromatic carbocycles. The summed E-state index contributed by atoms with van der Waals surface area (Å²) < 4.78 is 0. The van der Waals surface area contributed by atoms with Gasteiger partial charge in [-0.3, -0.25) is 19.3 Å². The van der Waals surface area contributed by atoms with Crippen LogP contribution in [0.5, 0.6) is 0 Å². The molecule has 0 radical (unpaired) electrons. The Morgan fingerprint density at radius 1 is 1.07 bits per heavy atom. The maximum absolute atomic E-state index is 12.8. The van der Waals surface area contributed by atoms with Crippen molar-refractivity contribution in [1.29, 1.82) is 0 Å². The molecular formula is C23H26ClN3O3. The maximum atomic E-state index is 12.8. The molecule has 3 amide bonds. The summed E-state index contributed by atoms with van der Waals surface area (Å²) in [6.45, 7) is 2.98. The second-order valence-corrected chi connectivity index (χ2v) is 7.66. The number of carbonyl (C=O) groups is 3. The van der Waals surface area contributed by atoms with Crippen molar-refractivity contribution in [3.63, 3.8) is 0 Å². The van der Waals surface area contributed by atoms with Crippen LogP contribution in [0.15, 0.2) is 48.5 Å². The van der Waals surface area contributed by atoms with E-state index in [2.05, 4.69) is 10.6 Å². The van der Waals surface area contributed by atoms with Gasteiger partial charge in [-0.1, -0.05) is 30.3 Å². The molecule has 2 heterocycles. The van der Waals surface area contributed by atoms with Crippen molar-refractivity contribution in [2.45, 2.75) is 19.3 Å². The third-order valence-electron chi connectivity index (χ3n) is 5.70. The Labute approximate surface area is 182 Å². The Kier molecular flexibility index (Phi) is 7.24. The van der Waals surface area contributed by atoms with Gasteiger partial charge in [0.1, 0.15) is 0 Å². The van der Waals surface area contributed by atoms with Crippen LogP contribution in [-0.4, -0.2) is 48.8 Å². The number of amides is 3. The first-order chi connectivity index (χ1) is 14.1. The molecule has 4 rings (SSSR count). The lowest BCUT2D eigenvalue weighted by Crippen LogP contribution is -2.31. The summed E-state index contributed by atoms with van der Waals surface area (Å²) in [7, 11) is 0. The van der Waals surface area contributed by atoms with Crippen LogP contribution in [0, 0.1) is 5.92 Å². The van der Waals surface area contributed by atoms with E-state index in [1.54, 1.807) is 18.2 Å². The zero-order chi connectivity index (χ0) is 20.2. The summed E-state index contributed by atoms with van der Waals surface area (Å²) in [5.41, 5.74) is 2.17. The van der Waals surface area contributed by atoms with Gasteiger partial charge in [0.15, 0.2) is 0 Å². The molecule has 0 saturated carbocycles. The highest BCUT2D eigenvalue weighted by atomic mass is 35.5. The number of rotatable bonds is 7. The van der Waals surface area contributed by atoms with Crippen molar-refractivity contribution in [1.82, 2.24) is 15.5 Å². The van der Waals surface area contributed by atoms with Gasteiger partial charge in [0.05, 0.1) is 11.1 Å². The fourth-order valence-electron chi connectivity index (χ4n) is 3.97. The molecule has 0 bridgehead atoms. The zero-order valence-electron chi connectivity index (χ0n) is 16.7. The van der Waals surface area contributed by atoms with Gasteiger partial charge in [-0.25, -0.2) is 0 Å². The lowest BCUT2D eigenvalue weighted by Gasteiger charge is -2.13. The highest BCUT2D eigenvalue weighted by Crippen LogP contribution is 2.24. The fourth-order valence-corrected chi connectivity index (χ4v) is 3.97. The molecule has 1 unspecified atom stereocenters. The monoisotopic (exact) mass is 427 g/mol. The molecule has 158 valence electrons. The lowest BCUT2D eigenvalue weighted by molar-refractivity contribution is 0.0656. The fraction of sp³-hybridized carbons (Fsp3) is 0.348.